The van der Waals surface area contributed by atoms with E-state index in [2.05, 4.69) is 10.6 Å². The van der Waals surface area contributed by atoms with Gasteiger partial charge in [0.1, 0.15) is 11.6 Å². The molecule has 2 N–H and O–H groups in total. The molecule has 0 bridgehead atoms. The van der Waals surface area contributed by atoms with Gasteiger partial charge in [-0.2, -0.15) is 0 Å². The van der Waals surface area contributed by atoms with E-state index in [0.29, 0.717) is 12.6 Å². The van der Waals surface area contributed by atoms with Crippen molar-refractivity contribution in [1.29, 1.82) is 0 Å². The molecule has 0 spiro atoms. The molecule has 1 aromatic heterocycles. The van der Waals surface area contributed by atoms with Gasteiger partial charge in [0.2, 0.25) is 0 Å². The summed E-state index contributed by atoms with van der Waals surface area (Å²) in [5.41, 5.74) is 9.57. The number of hydrogen-bond donors (Lipinski definition) is 1. The van der Waals surface area contributed by atoms with Gasteiger partial charge in [0.25, 0.3) is 0 Å². The fourth-order valence-electron chi connectivity index (χ4n) is 2.81. The first-order valence-electron chi connectivity index (χ1n) is 7.23. The van der Waals surface area contributed by atoms with Gasteiger partial charge in [-0.1, -0.05) is 18.2 Å². The third-order valence-electron chi connectivity index (χ3n) is 3.98. The second kappa shape index (κ2) is 4.67. The van der Waals surface area contributed by atoms with Gasteiger partial charge >= 0.3 is 0 Å². The van der Waals surface area contributed by atoms with Crippen LogP contribution in [-0.4, -0.2) is 9.55 Å². The monoisotopic (exact) mass is 281 g/mol. The molecule has 0 aliphatic heterocycles. The lowest BCUT2D eigenvalue weighted by Gasteiger charge is -2.08. The van der Waals surface area contributed by atoms with Crippen LogP contribution in [0.15, 0.2) is 42.5 Å². The van der Waals surface area contributed by atoms with Crippen molar-refractivity contribution in [3.8, 4) is 11.4 Å². The maximum absolute atomic E-state index is 13.6. The lowest BCUT2D eigenvalue weighted by atomic mass is 10.1. The van der Waals surface area contributed by atoms with Gasteiger partial charge in [0.15, 0.2) is 0 Å². The molecule has 4 heteroatoms. The van der Waals surface area contributed by atoms with E-state index >= 15 is 0 Å². The first kappa shape index (κ1) is 12.5. The van der Waals surface area contributed by atoms with E-state index in [1.165, 1.54) is 6.07 Å². The van der Waals surface area contributed by atoms with Gasteiger partial charge in [-0.05, 0) is 42.7 Å². The van der Waals surface area contributed by atoms with Crippen molar-refractivity contribution in [3.63, 3.8) is 0 Å². The maximum Gasteiger partial charge on any atom is 0.141 e. The predicted molar refractivity (Wildman–Crippen MR) is 81.3 cm³/mol. The Bertz CT molecular complexity index is 818. The number of rotatable bonds is 3. The van der Waals surface area contributed by atoms with E-state index in [1.807, 2.05) is 18.2 Å². The quantitative estimate of drug-likeness (QED) is 0.796. The van der Waals surface area contributed by atoms with Crippen LogP contribution in [-0.2, 0) is 6.54 Å². The molecule has 1 fully saturated rings. The third kappa shape index (κ3) is 2.12. The highest BCUT2D eigenvalue weighted by atomic mass is 19.1. The zero-order valence-corrected chi connectivity index (χ0v) is 11.6. The van der Waals surface area contributed by atoms with E-state index in [0.717, 1.165) is 40.8 Å². The summed E-state index contributed by atoms with van der Waals surface area (Å²) in [6.07, 6.45) is 2.26. The van der Waals surface area contributed by atoms with Gasteiger partial charge in [0, 0.05) is 18.2 Å². The standard InChI is InChI=1S/C17H16FN3/c18-13-4-7-15-16(9-13)21(14-5-6-14)17(20-15)12-3-1-2-11(8-12)10-19/h1-4,7-9,14H,5-6,10,19H2. The molecule has 0 radical (unpaired) electrons. The van der Waals surface area contributed by atoms with E-state index in [1.54, 1.807) is 12.1 Å². The largest absolute Gasteiger partial charge is 0.326 e. The Kier molecular flexibility index (Phi) is 2.79. The fraction of sp³-hybridized carbons (Fsp3) is 0.235. The number of nitrogens with zero attached hydrogens (tertiary/aromatic N) is 2. The summed E-state index contributed by atoms with van der Waals surface area (Å²) in [7, 11) is 0. The molecule has 0 atom stereocenters. The number of nitrogens with two attached hydrogens (primary N) is 1. The lowest BCUT2D eigenvalue weighted by Crippen LogP contribution is -2.00. The topological polar surface area (TPSA) is 43.8 Å². The third-order valence-corrected chi connectivity index (χ3v) is 3.98. The Morgan fingerprint density at radius 1 is 1.19 bits per heavy atom. The summed E-state index contributed by atoms with van der Waals surface area (Å²) in [5.74, 6) is 0.694. The molecule has 4 rings (SSSR count). The Hall–Kier alpha value is -2.20. The van der Waals surface area contributed by atoms with Gasteiger partial charge in [0.05, 0.1) is 11.0 Å². The molecule has 3 aromatic rings. The molecular formula is C17H16FN3. The van der Waals surface area contributed by atoms with Crippen LogP contribution in [0.5, 0.6) is 0 Å². The van der Waals surface area contributed by atoms with Gasteiger partial charge in [-0.25, -0.2) is 9.37 Å². The SMILES string of the molecule is NCc1cccc(-c2nc3ccc(F)cc3n2C2CC2)c1. The van der Waals surface area contributed by atoms with E-state index in [9.17, 15) is 4.39 Å². The molecule has 21 heavy (non-hydrogen) atoms. The van der Waals surface area contributed by atoms with Gasteiger partial charge < -0.3 is 10.3 Å². The normalized spacial score (nSPS) is 14.8. The minimum absolute atomic E-state index is 0.216. The van der Waals surface area contributed by atoms with E-state index < -0.39 is 0 Å². The molecule has 0 amide bonds. The molecular weight excluding hydrogens is 265 g/mol. The zero-order chi connectivity index (χ0) is 14.4. The van der Waals surface area contributed by atoms with Crippen LogP contribution in [0.25, 0.3) is 22.4 Å². The molecule has 106 valence electrons. The highest BCUT2D eigenvalue weighted by molar-refractivity contribution is 5.81. The first-order valence-corrected chi connectivity index (χ1v) is 7.23. The van der Waals surface area contributed by atoms with Crippen molar-refractivity contribution in [2.75, 3.05) is 0 Å². The Morgan fingerprint density at radius 3 is 2.81 bits per heavy atom. The van der Waals surface area contributed by atoms with Crippen LogP contribution in [0.4, 0.5) is 4.39 Å². The highest BCUT2D eigenvalue weighted by Gasteiger charge is 2.28. The molecule has 1 heterocycles. The van der Waals surface area contributed by atoms with Crippen LogP contribution in [0, 0.1) is 5.82 Å². The smallest absolute Gasteiger partial charge is 0.141 e. The zero-order valence-electron chi connectivity index (χ0n) is 11.6. The van der Waals surface area contributed by atoms with E-state index in [4.69, 9.17) is 10.7 Å². The number of aromatic nitrogens is 2. The minimum Gasteiger partial charge on any atom is -0.326 e. The lowest BCUT2D eigenvalue weighted by molar-refractivity contribution is 0.628. The van der Waals surface area contributed by atoms with Crippen LogP contribution >= 0.6 is 0 Å². The number of hydrogen-bond acceptors (Lipinski definition) is 2. The summed E-state index contributed by atoms with van der Waals surface area (Å²) in [5, 5.41) is 0. The summed E-state index contributed by atoms with van der Waals surface area (Å²) in [6, 6.07) is 13.3. The van der Waals surface area contributed by atoms with Crippen molar-refractivity contribution < 1.29 is 4.39 Å². The van der Waals surface area contributed by atoms with Crippen LogP contribution in [0.3, 0.4) is 0 Å². The van der Waals surface area contributed by atoms with Crippen LogP contribution < -0.4 is 5.73 Å². The van der Waals surface area contributed by atoms with Crippen LogP contribution in [0.2, 0.25) is 0 Å². The van der Waals surface area contributed by atoms with Gasteiger partial charge in [-0.3, -0.25) is 0 Å². The number of fused-ring (bicyclic) bond motifs is 1. The second-order valence-electron chi connectivity index (χ2n) is 5.57. The van der Waals surface area contributed by atoms with Crippen molar-refractivity contribution in [1.82, 2.24) is 9.55 Å². The molecule has 1 aliphatic carbocycles. The fourth-order valence-corrected chi connectivity index (χ4v) is 2.81. The summed E-state index contributed by atoms with van der Waals surface area (Å²) < 4.78 is 15.7. The second-order valence-corrected chi connectivity index (χ2v) is 5.57. The summed E-state index contributed by atoms with van der Waals surface area (Å²) in [4.78, 5) is 4.72. The van der Waals surface area contributed by atoms with Crippen LogP contribution in [0.1, 0.15) is 24.4 Å². The molecule has 1 aliphatic rings. The highest BCUT2D eigenvalue weighted by Crippen LogP contribution is 2.41. The number of imidazole rings is 1. The van der Waals surface area contributed by atoms with Crippen molar-refractivity contribution in [3.05, 3.63) is 53.8 Å². The average Bonchev–Trinajstić information content (AvgIpc) is 3.28. The summed E-state index contributed by atoms with van der Waals surface area (Å²) in [6.45, 7) is 0.506. The maximum atomic E-state index is 13.6. The average molecular weight is 281 g/mol. The number of halogens is 1. The Morgan fingerprint density at radius 2 is 2.05 bits per heavy atom. The summed E-state index contributed by atoms with van der Waals surface area (Å²) >= 11 is 0. The van der Waals surface area contributed by atoms with Crippen molar-refractivity contribution >= 4 is 11.0 Å². The molecule has 0 saturated heterocycles. The molecule has 3 nitrogen and oxygen atoms in total. The minimum atomic E-state index is -0.216. The Balaban J connectivity index is 1.97. The Labute approximate surface area is 122 Å². The van der Waals surface area contributed by atoms with Gasteiger partial charge in [-0.15, -0.1) is 0 Å². The molecule has 1 saturated carbocycles. The van der Waals surface area contributed by atoms with Crippen molar-refractivity contribution in [2.24, 2.45) is 5.73 Å². The van der Waals surface area contributed by atoms with Crippen molar-refractivity contribution in [2.45, 2.75) is 25.4 Å². The number of benzene rings is 2. The van der Waals surface area contributed by atoms with E-state index in [-0.39, 0.29) is 5.82 Å². The molecule has 2 aromatic carbocycles. The predicted octanol–water partition coefficient (Wildman–Crippen LogP) is 3.64. The molecule has 0 unspecified atom stereocenters. The first-order chi connectivity index (χ1) is 10.3.